The maximum absolute atomic E-state index is 17.1. The molecule has 0 aliphatic heterocycles. The fraction of sp³-hybridized carbons (Fsp3) is 0. The molecule has 0 saturated carbocycles. The van der Waals surface area contributed by atoms with E-state index in [1.54, 1.807) is 6.07 Å². The lowest BCUT2D eigenvalue weighted by Gasteiger charge is -2.29. The van der Waals surface area contributed by atoms with Crippen LogP contribution < -0.4 is 4.90 Å². The van der Waals surface area contributed by atoms with Crippen LogP contribution in [0.5, 0.6) is 0 Å². The number of pyridine rings is 1. The monoisotopic (exact) mass is 794 g/mol. The van der Waals surface area contributed by atoms with E-state index in [2.05, 4.69) is 127 Å². The Morgan fingerprint density at radius 1 is 0.355 bits per heavy atom. The van der Waals surface area contributed by atoms with E-state index in [9.17, 15) is 0 Å². The van der Waals surface area contributed by atoms with Crippen molar-refractivity contribution in [1.82, 2.24) is 4.98 Å². The second-order valence-electron chi connectivity index (χ2n) is 15.6. The largest absolute Gasteiger partial charge is 0.307 e. The van der Waals surface area contributed by atoms with Gasteiger partial charge < -0.3 is 4.90 Å². The summed E-state index contributed by atoms with van der Waals surface area (Å²) in [7, 11) is 0. The summed E-state index contributed by atoms with van der Waals surface area (Å²) in [5.74, 6) is -0.300. The quantitative estimate of drug-likeness (QED) is 0.112. The molecule has 0 unspecified atom stereocenters. The summed E-state index contributed by atoms with van der Waals surface area (Å²) in [6.45, 7) is 0. The highest BCUT2D eigenvalue weighted by molar-refractivity contribution is 6.27. The Labute approximate surface area is 360 Å². The SMILES string of the molecule is Fc1cc(-c2ccccc2)cc(-c2ccccc2)c1N(c1ccccc1)c1ccc(-c2ccc3c(-c4ccccc4)c4c(ccc5cccnc54)c(-c4ccccc4)c3c2)cc1. The summed E-state index contributed by atoms with van der Waals surface area (Å²) >= 11 is 0. The predicted octanol–water partition coefficient (Wildman–Crippen LogP) is 16.5. The summed E-state index contributed by atoms with van der Waals surface area (Å²) in [4.78, 5) is 7.03. The van der Waals surface area contributed by atoms with E-state index in [1.807, 2.05) is 108 Å². The van der Waals surface area contributed by atoms with E-state index in [4.69, 9.17) is 4.98 Å². The van der Waals surface area contributed by atoms with Crippen molar-refractivity contribution in [3.63, 3.8) is 0 Å². The number of rotatable bonds is 8. The molecular weight excluding hydrogens is 756 g/mol. The summed E-state index contributed by atoms with van der Waals surface area (Å²) in [5, 5.41) is 5.75. The number of nitrogens with zero attached hydrogens (tertiary/aromatic N) is 2. The fourth-order valence-corrected chi connectivity index (χ4v) is 9.10. The molecule has 0 bridgehead atoms. The van der Waals surface area contributed by atoms with Gasteiger partial charge in [0.05, 0.1) is 11.2 Å². The number of hydrogen-bond acceptors (Lipinski definition) is 2. The smallest absolute Gasteiger partial charge is 0.148 e. The van der Waals surface area contributed by atoms with Crippen LogP contribution in [0.25, 0.3) is 88.1 Å². The third-order valence-corrected chi connectivity index (χ3v) is 11.9. The number of para-hydroxylation sites is 1. The van der Waals surface area contributed by atoms with Gasteiger partial charge in [-0.2, -0.15) is 0 Å². The minimum Gasteiger partial charge on any atom is -0.307 e. The van der Waals surface area contributed by atoms with Crippen LogP contribution in [0.15, 0.2) is 237 Å². The second-order valence-corrected chi connectivity index (χ2v) is 15.6. The molecule has 1 aromatic heterocycles. The first kappa shape index (κ1) is 36.9. The maximum Gasteiger partial charge on any atom is 0.148 e. The molecule has 3 heteroatoms. The van der Waals surface area contributed by atoms with Crippen LogP contribution in [0.3, 0.4) is 0 Å². The van der Waals surface area contributed by atoms with Crippen molar-refractivity contribution in [2.24, 2.45) is 0 Å². The molecule has 0 saturated heterocycles. The van der Waals surface area contributed by atoms with Gasteiger partial charge in [0, 0.05) is 33.9 Å². The maximum atomic E-state index is 17.1. The number of fused-ring (bicyclic) bond motifs is 4. The van der Waals surface area contributed by atoms with E-state index >= 15 is 4.39 Å². The van der Waals surface area contributed by atoms with Crippen LogP contribution in [0, 0.1) is 5.82 Å². The lowest BCUT2D eigenvalue weighted by Crippen LogP contribution is -2.13. The highest BCUT2D eigenvalue weighted by Gasteiger charge is 2.24. The van der Waals surface area contributed by atoms with E-state index in [-0.39, 0.29) is 5.82 Å². The molecule has 62 heavy (non-hydrogen) atoms. The van der Waals surface area contributed by atoms with Crippen LogP contribution in [0.2, 0.25) is 0 Å². The Hall–Kier alpha value is -8.14. The van der Waals surface area contributed by atoms with E-state index in [1.165, 1.54) is 21.9 Å². The minimum absolute atomic E-state index is 0.300. The standard InChI is InChI=1S/C59H39FN2/c60-54-39-47(40-17-6-1-7-18-40)38-52(42-19-8-2-9-20-42)59(54)62(48-26-14-5-15-27-48)49-32-28-41(29-33-49)46-31-34-50-53(37-46)55(43-21-10-3-11-22-43)51-35-30-45-25-16-36-61-58(45)57(51)56(50)44-23-12-4-13-24-44/h1-39H. The van der Waals surface area contributed by atoms with Crippen LogP contribution in [0.4, 0.5) is 21.5 Å². The summed E-state index contributed by atoms with van der Waals surface area (Å²) < 4.78 is 17.1. The molecule has 0 N–H and O–H groups in total. The van der Waals surface area contributed by atoms with Gasteiger partial charge in [-0.25, -0.2) is 4.39 Å². The van der Waals surface area contributed by atoms with Crippen LogP contribution in [0.1, 0.15) is 0 Å². The molecule has 0 radical (unpaired) electrons. The van der Waals surface area contributed by atoms with Crippen molar-refractivity contribution in [3.8, 4) is 55.6 Å². The molecule has 292 valence electrons. The normalized spacial score (nSPS) is 11.3. The summed E-state index contributed by atoms with van der Waals surface area (Å²) in [5.41, 5.74) is 13.6. The number of halogens is 1. The average molecular weight is 795 g/mol. The molecule has 0 spiro atoms. The molecule has 0 fully saturated rings. The lowest BCUT2D eigenvalue weighted by atomic mass is 9.84. The van der Waals surface area contributed by atoms with Crippen molar-refractivity contribution in [2.45, 2.75) is 0 Å². The van der Waals surface area contributed by atoms with Gasteiger partial charge in [-0.05, 0) is 115 Å². The number of aromatic nitrogens is 1. The van der Waals surface area contributed by atoms with Gasteiger partial charge in [-0.3, -0.25) is 4.98 Å². The molecule has 0 amide bonds. The van der Waals surface area contributed by atoms with Gasteiger partial charge in [0.1, 0.15) is 5.82 Å². The molecule has 0 aliphatic rings. The van der Waals surface area contributed by atoms with Gasteiger partial charge in [0.15, 0.2) is 0 Å². The molecule has 0 aliphatic carbocycles. The van der Waals surface area contributed by atoms with Crippen molar-refractivity contribution in [3.05, 3.63) is 243 Å². The Kier molecular flexibility index (Phi) is 9.40. The molecule has 0 atom stereocenters. The molecule has 10 aromatic carbocycles. The van der Waals surface area contributed by atoms with Crippen LogP contribution in [-0.2, 0) is 0 Å². The first-order chi connectivity index (χ1) is 30.7. The van der Waals surface area contributed by atoms with E-state index < -0.39 is 0 Å². The average Bonchev–Trinajstić information content (AvgIpc) is 3.35. The lowest BCUT2D eigenvalue weighted by molar-refractivity contribution is 0.630. The third-order valence-electron chi connectivity index (χ3n) is 11.9. The van der Waals surface area contributed by atoms with Crippen molar-refractivity contribution in [2.75, 3.05) is 4.90 Å². The first-order valence-corrected chi connectivity index (χ1v) is 21.0. The predicted molar refractivity (Wildman–Crippen MR) is 259 cm³/mol. The summed E-state index contributed by atoms with van der Waals surface area (Å²) in [6, 6.07) is 79.3. The topological polar surface area (TPSA) is 16.1 Å². The Bertz CT molecular complexity index is 3370. The summed E-state index contributed by atoms with van der Waals surface area (Å²) in [6.07, 6.45) is 1.89. The van der Waals surface area contributed by atoms with E-state index in [0.717, 1.165) is 77.6 Å². The van der Waals surface area contributed by atoms with Crippen molar-refractivity contribution in [1.29, 1.82) is 0 Å². The fourth-order valence-electron chi connectivity index (χ4n) is 9.10. The highest BCUT2D eigenvalue weighted by atomic mass is 19.1. The molecule has 1 heterocycles. The number of benzene rings is 10. The molecule has 11 rings (SSSR count). The van der Waals surface area contributed by atoms with Crippen LogP contribution in [-0.4, -0.2) is 4.98 Å². The number of hydrogen-bond donors (Lipinski definition) is 0. The van der Waals surface area contributed by atoms with Crippen molar-refractivity contribution >= 4 is 49.5 Å². The van der Waals surface area contributed by atoms with E-state index in [0.29, 0.717) is 5.69 Å². The van der Waals surface area contributed by atoms with Gasteiger partial charge in [-0.15, -0.1) is 0 Å². The molecule has 11 aromatic rings. The van der Waals surface area contributed by atoms with Gasteiger partial charge in [0.25, 0.3) is 0 Å². The second kappa shape index (κ2) is 15.8. The zero-order valence-corrected chi connectivity index (χ0v) is 33.8. The zero-order valence-electron chi connectivity index (χ0n) is 33.8. The molecular formula is C59H39FN2. The minimum atomic E-state index is -0.300. The Balaban J connectivity index is 1.10. The Morgan fingerprint density at radius 3 is 1.55 bits per heavy atom. The highest BCUT2D eigenvalue weighted by Crippen LogP contribution is 2.48. The third kappa shape index (κ3) is 6.57. The first-order valence-electron chi connectivity index (χ1n) is 21.0. The zero-order chi connectivity index (χ0) is 41.4. The Morgan fingerprint density at radius 2 is 0.887 bits per heavy atom. The van der Waals surface area contributed by atoms with Gasteiger partial charge >= 0.3 is 0 Å². The molecule has 2 nitrogen and oxygen atoms in total. The number of anilines is 3. The van der Waals surface area contributed by atoms with Gasteiger partial charge in [0.2, 0.25) is 0 Å². The van der Waals surface area contributed by atoms with Crippen LogP contribution >= 0.6 is 0 Å². The van der Waals surface area contributed by atoms with Crippen molar-refractivity contribution < 1.29 is 4.39 Å². The van der Waals surface area contributed by atoms with Gasteiger partial charge in [-0.1, -0.05) is 182 Å².